The number of carboxylic acids is 4. The van der Waals surface area contributed by atoms with Crippen molar-refractivity contribution in [2.24, 2.45) is 11.8 Å². The van der Waals surface area contributed by atoms with E-state index < -0.39 is 23.9 Å². The van der Waals surface area contributed by atoms with Crippen molar-refractivity contribution in [2.45, 2.75) is 196 Å². The van der Waals surface area contributed by atoms with Crippen LogP contribution in [0, 0.1) is 11.8 Å². The molecule has 0 saturated heterocycles. The molecule has 4 N–H and O–H groups in total. The third-order valence-corrected chi connectivity index (χ3v) is 11.4. The molecular formula is C48H76O8. The molecular weight excluding hydrogens is 705 g/mol. The summed E-state index contributed by atoms with van der Waals surface area (Å²) in [6, 6.07) is 6.67. The molecule has 8 heteroatoms. The summed E-state index contributed by atoms with van der Waals surface area (Å²) < 4.78 is 0. The summed E-state index contributed by atoms with van der Waals surface area (Å²) >= 11 is 0. The summed E-state index contributed by atoms with van der Waals surface area (Å²) in [7, 11) is 0. The van der Waals surface area contributed by atoms with Gasteiger partial charge in [0.25, 0.3) is 0 Å². The van der Waals surface area contributed by atoms with Crippen molar-refractivity contribution < 1.29 is 39.6 Å². The van der Waals surface area contributed by atoms with Gasteiger partial charge in [0, 0.05) is 0 Å². The van der Waals surface area contributed by atoms with E-state index in [2.05, 4.69) is 41.5 Å². The zero-order chi connectivity index (χ0) is 41.9. The predicted molar refractivity (Wildman–Crippen MR) is 229 cm³/mol. The molecule has 0 saturated carbocycles. The predicted octanol–water partition coefficient (Wildman–Crippen LogP) is 13.5. The van der Waals surface area contributed by atoms with Crippen molar-refractivity contribution in [3.63, 3.8) is 0 Å². The normalized spacial score (nSPS) is 12.1. The molecule has 316 valence electrons. The van der Waals surface area contributed by atoms with Crippen LogP contribution in [0.1, 0.15) is 234 Å². The Bertz CT molecular complexity index is 1460. The highest BCUT2D eigenvalue weighted by Crippen LogP contribution is 2.30. The Kier molecular flexibility index (Phi) is 26.6. The first-order valence-electron chi connectivity index (χ1n) is 22.1. The Morgan fingerprint density at radius 2 is 0.821 bits per heavy atom. The number of hydrogen-bond acceptors (Lipinski definition) is 4. The van der Waals surface area contributed by atoms with E-state index in [1.807, 2.05) is 12.1 Å². The first-order chi connectivity index (χ1) is 26.9. The minimum absolute atomic E-state index is 0.00420. The number of aromatic carboxylic acids is 4. The maximum absolute atomic E-state index is 12.0. The summed E-state index contributed by atoms with van der Waals surface area (Å²) in [4.78, 5) is 47.1. The molecule has 2 aromatic carbocycles. The van der Waals surface area contributed by atoms with Crippen molar-refractivity contribution in [2.75, 3.05) is 0 Å². The van der Waals surface area contributed by atoms with E-state index in [0.29, 0.717) is 24.7 Å². The summed E-state index contributed by atoms with van der Waals surface area (Å²) in [6.45, 7) is 13.0. The van der Waals surface area contributed by atoms with Gasteiger partial charge in [-0.15, -0.1) is 0 Å². The number of aryl methyl sites for hydroxylation is 1. The third kappa shape index (κ3) is 18.1. The van der Waals surface area contributed by atoms with Gasteiger partial charge < -0.3 is 20.4 Å². The number of benzene rings is 2. The molecule has 2 rings (SSSR count). The molecule has 0 aliphatic heterocycles. The summed E-state index contributed by atoms with van der Waals surface area (Å²) in [5.74, 6) is -3.68. The van der Waals surface area contributed by atoms with E-state index in [1.54, 1.807) is 0 Å². The van der Waals surface area contributed by atoms with Crippen LogP contribution in [0.15, 0.2) is 24.3 Å². The highest BCUT2D eigenvalue weighted by molar-refractivity contribution is 6.03. The Morgan fingerprint density at radius 1 is 0.429 bits per heavy atom. The molecule has 0 amide bonds. The zero-order valence-corrected chi connectivity index (χ0v) is 35.9. The third-order valence-electron chi connectivity index (χ3n) is 11.4. The van der Waals surface area contributed by atoms with Crippen LogP contribution < -0.4 is 0 Å². The van der Waals surface area contributed by atoms with Crippen LogP contribution in [0.3, 0.4) is 0 Å². The number of carboxylic acid groups (broad SMARTS) is 4. The van der Waals surface area contributed by atoms with Gasteiger partial charge in [0.05, 0.1) is 22.3 Å². The van der Waals surface area contributed by atoms with Crippen LogP contribution in [-0.2, 0) is 25.7 Å². The van der Waals surface area contributed by atoms with Gasteiger partial charge in [0.15, 0.2) is 0 Å². The van der Waals surface area contributed by atoms with Crippen molar-refractivity contribution >= 4 is 23.9 Å². The van der Waals surface area contributed by atoms with Gasteiger partial charge in [-0.2, -0.15) is 0 Å². The molecule has 0 aliphatic carbocycles. The molecule has 0 fully saturated rings. The van der Waals surface area contributed by atoms with Crippen molar-refractivity contribution in [1.82, 2.24) is 0 Å². The van der Waals surface area contributed by atoms with Crippen molar-refractivity contribution in [3.8, 4) is 0 Å². The largest absolute Gasteiger partial charge is 0.478 e. The Morgan fingerprint density at radius 3 is 1.25 bits per heavy atom. The molecule has 0 heterocycles. The summed E-state index contributed by atoms with van der Waals surface area (Å²) in [5, 5.41) is 38.5. The highest BCUT2D eigenvalue weighted by Gasteiger charge is 2.26. The Labute approximate surface area is 338 Å². The fourth-order valence-electron chi connectivity index (χ4n) is 7.84. The minimum atomic E-state index is -1.16. The summed E-state index contributed by atoms with van der Waals surface area (Å²) in [6.07, 6.45) is 25.6. The first-order valence-corrected chi connectivity index (χ1v) is 22.1. The van der Waals surface area contributed by atoms with E-state index >= 15 is 0 Å². The standard InChI is InChI=1S/2C24H38O4/c1-5-9-11-17(7-3)15-19-13-14-20(23(25)26)22(24(27)28)21(19)16-18(8-4)12-10-6-2;1-3-5-7-9-11-13-15-19-17-18-21(23(25)26)22(24(27)28)20(19)16-14-12-10-8-6-4-2/h13-14,17-18H,5-12,15-16H2,1-4H3,(H,25,26)(H,27,28);17-18H,3-16H2,1-2H3,(H,25,26)(H,27,28). The molecule has 2 aromatic rings. The molecule has 0 aliphatic rings. The van der Waals surface area contributed by atoms with Gasteiger partial charge in [0.2, 0.25) is 0 Å². The van der Waals surface area contributed by atoms with Gasteiger partial charge in [-0.3, -0.25) is 0 Å². The molecule has 2 unspecified atom stereocenters. The molecule has 2 atom stereocenters. The molecule has 56 heavy (non-hydrogen) atoms. The van der Waals surface area contributed by atoms with Gasteiger partial charge in [-0.05, 0) is 84.7 Å². The van der Waals surface area contributed by atoms with E-state index in [4.69, 9.17) is 0 Å². The van der Waals surface area contributed by atoms with Crippen molar-refractivity contribution in [1.29, 1.82) is 0 Å². The monoisotopic (exact) mass is 781 g/mol. The topological polar surface area (TPSA) is 149 Å². The zero-order valence-electron chi connectivity index (χ0n) is 35.9. The van der Waals surface area contributed by atoms with Crippen molar-refractivity contribution in [3.05, 3.63) is 68.8 Å². The lowest BCUT2D eigenvalue weighted by atomic mass is 9.82. The average molecular weight is 781 g/mol. The first kappa shape index (κ1) is 50.3. The number of rotatable bonds is 30. The Hall–Kier alpha value is -3.68. The smallest absolute Gasteiger partial charge is 0.336 e. The lowest BCUT2D eigenvalue weighted by Gasteiger charge is -2.23. The summed E-state index contributed by atoms with van der Waals surface area (Å²) in [5.41, 5.74) is 3.39. The van der Waals surface area contributed by atoms with E-state index in [0.717, 1.165) is 112 Å². The SMILES string of the molecule is CCCCC(CC)Cc1ccc(C(=O)O)c(C(=O)O)c1CC(CC)CCCC.CCCCCCCCc1ccc(C(=O)O)c(C(=O)O)c1CCCCCCCC. The van der Waals surface area contributed by atoms with E-state index in [1.165, 1.54) is 63.5 Å². The molecule has 8 nitrogen and oxygen atoms in total. The van der Waals surface area contributed by atoms with Gasteiger partial charge >= 0.3 is 23.9 Å². The van der Waals surface area contributed by atoms with Gasteiger partial charge in [0.1, 0.15) is 0 Å². The molecule has 0 aromatic heterocycles. The quantitative estimate of drug-likeness (QED) is 0.0572. The fourth-order valence-corrected chi connectivity index (χ4v) is 7.84. The number of carbonyl (C=O) groups is 4. The number of unbranched alkanes of at least 4 members (excludes halogenated alkanes) is 12. The Balaban J connectivity index is 0.000000560. The van der Waals surface area contributed by atoms with Crippen LogP contribution in [-0.4, -0.2) is 44.3 Å². The fraction of sp³-hybridized carbons (Fsp3) is 0.667. The van der Waals surface area contributed by atoms with E-state index in [9.17, 15) is 39.6 Å². The second kappa shape index (κ2) is 29.5. The van der Waals surface area contributed by atoms with Crippen LogP contribution >= 0.6 is 0 Å². The maximum Gasteiger partial charge on any atom is 0.336 e. The lowest BCUT2D eigenvalue weighted by Crippen LogP contribution is -2.18. The lowest BCUT2D eigenvalue weighted by molar-refractivity contribution is 0.0650. The molecule has 0 radical (unpaired) electrons. The van der Waals surface area contributed by atoms with Crippen LogP contribution in [0.5, 0.6) is 0 Å². The minimum Gasteiger partial charge on any atom is -0.478 e. The van der Waals surface area contributed by atoms with Crippen LogP contribution in [0.4, 0.5) is 0 Å². The van der Waals surface area contributed by atoms with Crippen LogP contribution in [0.25, 0.3) is 0 Å². The molecule has 0 spiro atoms. The van der Waals surface area contributed by atoms with E-state index in [-0.39, 0.29) is 22.3 Å². The van der Waals surface area contributed by atoms with Crippen LogP contribution in [0.2, 0.25) is 0 Å². The average Bonchev–Trinajstić information content (AvgIpc) is 3.17. The number of hydrogen-bond donors (Lipinski definition) is 4. The maximum atomic E-state index is 12.0. The van der Waals surface area contributed by atoms with Gasteiger partial charge in [-0.25, -0.2) is 19.2 Å². The second-order valence-corrected chi connectivity index (χ2v) is 15.7. The molecule has 0 bridgehead atoms. The van der Waals surface area contributed by atoms with Gasteiger partial charge in [-0.1, -0.05) is 169 Å². The highest BCUT2D eigenvalue weighted by atomic mass is 16.4. The second-order valence-electron chi connectivity index (χ2n) is 15.7.